The molecule has 0 saturated heterocycles. The molecule has 0 rings (SSSR count). The van der Waals surface area contributed by atoms with E-state index in [9.17, 15) is 22.2 Å². The van der Waals surface area contributed by atoms with Crippen molar-refractivity contribution >= 4 is 32.6 Å². The number of nitrogens with one attached hydrogen (secondary N) is 2. The summed E-state index contributed by atoms with van der Waals surface area (Å²) in [6, 6.07) is -1.95. The van der Waals surface area contributed by atoms with Crippen molar-refractivity contribution in [2.75, 3.05) is 30.6 Å². The molecular formula is C10H20N2O6S2. The van der Waals surface area contributed by atoms with Crippen molar-refractivity contribution in [2.45, 2.75) is 18.9 Å². The van der Waals surface area contributed by atoms with Gasteiger partial charge in [-0.1, -0.05) is 0 Å². The van der Waals surface area contributed by atoms with Gasteiger partial charge in [0.25, 0.3) is 0 Å². The van der Waals surface area contributed by atoms with Crippen LogP contribution >= 0.6 is 0 Å². The van der Waals surface area contributed by atoms with Gasteiger partial charge in [-0.2, -0.15) is 0 Å². The number of amides is 2. The smallest absolute Gasteiger partial charge is 0.326 e. The highest BCUT2D eigenvalue weighted by Gasteiger charge is 2.21. The molecule has 0 heterocycles. The highest BCUT2D eigenvalue weighted by molar-refractivity contribution is 7.90. The van der Waals surface area contributed by atoms with E-state index in [1.807, 2.05) is 0 Å². The molecular weight excluding hydrogens is 308 g/mol. The van der Waals surface area contributed by atoms with Gasteiger partial charge in [0, 0.05) is 35.6 Å². The molecule has 8 nitrogen and oxygen atoms in total. The van der Waals surface area contributed by atoms with Crippen LogP contribution < -0.4 is 10.6 Å². The number of carboxylic acids is 1. The quantitative estimate of drug-likeness (QED) is 0.463. The minimum Gasteiger partial charge on any atom is -0.480 e. The zero-order valence-electron chi connectivity index (χ0n) is 11.4. The van der Waals surface area contributed by atoms with E-state index in [2.05, 4.69) is 10.6 Å². The van der Waals surface area contributed by atoms with Gasteiger partial charge < -0.3 is 15.7 Å². The van der Waals surface area contributed by atoms with Crippen molar-refractivity contribution in [1.82, 2.24) is 10.6 Å². The van der Waals surface area contributed by atoms with E-state index in [-0.39, 0.29) is 18.7 Å². The molecule has 0 aromatic heterocycles. The van der Waals surface area contributed by atoms with Crippen LogP contribution in [0, 0.1) is 0 Å². The van der Waals surface area contributed by atoms with Crippen LogP contribution in [0.5, 0.6) is 0 Å². The Bertz CT molecular complexity index is 462. The summed E-state index contributed by atoms with van der Waals surface area (Å²) in [7, 11) is -4.23. The van der Waals surface area contributed by atoms with E-state index in [1.54, 1.807) is 6.26 Å². The van der Waals surface area contributed by atoms with E-state index >= 15 is 0 Å². The van der Waals surface area contributed by atoms with Crippen molar-refractivity contribution in [3.63, 3.8) is 0 Å². The van der Waals surface area contributed by atoms with Gasteiger partial charge in [-0.05, 0) is 12.8 Å². The summed E-state index contributed by atoms with van der Waals surface area (Å²) in [5.74, 6) is -1.17. The van der Waals surface area contributed by atoms with Gasteiger partial charge in [-0.3, -0.25) is 4.21 Å². The number of carbonyl (C=O) groups excluding carboxylic acids is 1. The molecule has 0 aliphatic heterocycles. The summed E-state index contributed by atoms with van der Waals surface area (Å²) < 4.78 is 32.7. The lowest BCUT2D eigenvalue weighted by atomic mass is 10.2. The number of hydrogen-bond acceptors (Lipinski definition) is 5. The van der Waals surface area contributed by atoms with Crippen molar-refractivity contribution in [3.8, 4) is 0 Å². The Kier molecular flexibility index (Phi) is 8.39. The summed E-state index contributed by atoms with van der Waals surface area (Å²) in [6.45, 7) is 0.268. The maximum Gasteiger partial charge on any atom is 0.326 e. The van der Waals surface area contributed by atoms with E-state index in [0.717, 1.165) is 6.26 Å². The molecule has 10 heteroatoms. The van der Waals surface area contributed by atoms with Crippen molar-refractivity contribution < 1.29 is 27.3 Å². The van der Waals surface area contributed by atoms with Gasteiger partial charge in [-0.15, -0.1) is 0 Å². The van der Waals surface area contributed by atoms with Crippen LogP contribution in [0.25, 0.3) is 0 Å². The lowest BCUT2D eigenvalue weighted by molar-refractivity contribution is -0.139. The Morgan fingerprint density at radius 2 is 1.95 bits per heavy atom. The molecule has 0 aliphatic carbocycles. The van der Waals surface area contributed by atoms with E-state index in [1.165, 1.54) is 0 Å². The van der Waals surface area contributed by atoms with E-state index in [4.69, 9.17) is 5.11 Å². The average molecular weight is 328 g/mol. The molecule has 0 aromatic carbocycles. The number of carbonyl (C=O) groups is 2. The van der Waals surface area contributed by atoms with Crippen LogP contribution in [0.2, 0.25) is 0 Å². The predicted molar refractivity (Wildman–Crippen MR) is 75.8 cm³/mol. The number of aliphatic carboxylic acids is 1. The molecule has 0 saturated carbocycles. The molecule has 0 radical (unpaired) electrons. The first-order chi connectivity index (χ1) is 9.11. The standard InChI is InChI=1S/C10H20N2O6S2/c1-19(16)6-3-5-11-10(15)12-8(9(13)14)4-7-20(2,17)18/h8H,3-7H2,1-2H3,(H,13,14)(H2,11,12,15). The molecule has 2 amide bonds. The minimum atomic E-state index is -3.29. The van der Waals surface area contributed by atoms with Gasteiger partial charge in [0.15, 0.2) is 0 Å². The molecule has 0 spiro atoms. The normalized spacial score (nSPS) is 14.3. The molecule has 3 N–H and O–H groups in total. The van der Waals surface area contributed by atoms with Gasteiger partial charge in [0.2, 0.25) is 0 Å². The first kappa shape index (κ1) is 18.8. The fourth-order valence-electron chi connectivity index (χ4n) is 1.28. The number of urea groups is 1. The number of rotatable bonds is 9. The Balaban J connectivity index is 4.15. The van der Waals surface area contributed by atoms with Crippen molar-refractivity contribution in [3.05, 3.63) is 0 Å². The van der Waals surface area contributed by atoms with Gasteiger partial charge in [-0.25, -0.2) is 18.0 Å². The first-order valence-electron chi connectivity index (χ1n) is 5.86. The lowest BCUT2D eigenvalue weighted by Gasteiger charge is -2.14. The monoisotopic (exact) mass is 328 g/mol. The molecule has 2 atom stereocenters. The molecule has 118 valence electrons. The Morgan fingerprint density at radius 3 is 2.40 bits per heavy atom. The molecule has 2 unspecified atom stereocenters. The zero-order valence-corrected chi connectivity index (χ0v) is 13.1. The highest BCUT2D eigenvalue weighted by Crippen LogP contribution is 1.97. The van der Waals surface area contributed by atoms with Crippen LogP contribution in [0.3, 0.4) is 0 Å². The second kappa shape index (κ2) is 8.90. The second-order valence-electron chi connectivity index (χ2n) is 4.34. The predicted octanol–water partition coefficient (Wildman–Crippen LogP) is -1.06. The topological polar surface area (TPSA) is 130 Å². The van der Waals surface area contributed by atoms with Crippen LogP contribution in [0.4, 0.5) is 4.79 Å². The fourth-order valence-corrected chi connectivity index (χ4v) is 2.49. The SMILES string of the molecule is CS(=O)CCCNC(=O)NC(CCS(C)(=O)=O)C(=O)O. The number of hydrogen-bond donors (Lipinski definition) is 3. The van der Waals surface area contributed by atoms with Gasteiger partial charge >= 0.3 is 12.0 Å². The van der Waals surface area contributed by atoms with Crippen molar-refractivity contribution in [2.24, 2.45) is 0 Å². The van der Waals surface area contributed by atoms with Gasteiger partial charge in [0.1, 0.15) is 15.9 Å². The maximum absolute atomic E-state index is 11.4. The summed E-state index contributed by atoms with van der Waals surface area (Å²) in [4.78, 5) is 22.3. The third-order valence-corrected chi connectivity index (χ3v) is 4.12. The highest BCUT2D eigenvalue weighted by atomic mass is 32.2. The molecule has 0 aromatic rings. The Labute approximate surface area is 120 Å². The third kappa shape index (κ3) is 10.7. The first-order valence-corrected chi connectivity index (χ1v) is 9.65. The van der Waals surface area contributed by atoms with Crippen LogP contribution in [0.15, 0.2) is 0 Å². The average Bonchev–Trinajstić information content (AvgIpc) is 2.28. The number of carboxylic acid groups (broad SMARTS) is 1. The van der Waals surface area contributed by atoms with Crippen LogP contribution in [-0.2, 0) is 25.4 Å². The lowest BCUT2D eigenvalue weighted by Crippen LogP contribution is -2.47. The summed E-state index contributed by atoms with van der Waals surface area (Å²) >= 11 is 0. The van der Waals surface area contributed by atoms with Gasteiger partial charge in [0.05, 0.1) is 5.75 Å². The van der Waals surface area contributed by atoms with Crippen molar-refractivity contribution in [1.29, 1.82) is 0 Å². The van der Waals surface area contributed by atoms with Crippen LogP contribution in [0.1, 0.15) is 12.8 Å². The van der Waals surface area contributed by atoms with E-state index < -0.39 is 38.7 Å². The third-order valence-electron chi connectivity index (χ3n) is 2.27. The zero-order chi connectivity index (χ0) is 15.8. The summed E-state index contributed by atoms with van der Waals surface area (Å²) in [5.41, 5.74) is 0. The molecule has 0 bridgehead atoms. The second-order valence-corrected chi connectivity index (χ2v) is 8.15. The van der Waals surface area contributed by atoms with E-state index in [0.29, 0.717) is 12.2 Å². The Morgan fingerprint density at radius 1 is 1.35 bits per heavy atom. The molecule has 0 fully saturated rings. The summed E-state index contributed by atoms with van der Waals surface area (Å²) in [5, 5.41) is 13.5. The molecule has 20 heavy (non-hydrogen) atoms. The molecule has 0 aliphatic rings. The number of sulfone groups is 1. The largest absolute Gasteiger partial charge is 0.480 e. The fraction of sp³-hybridized carbons (Fsp3) is 0.800. The Hall–Kier alpha value is -1.16. The summed E-state index contributed by atoms with van der Waals surface area (Å²) in [6.07, 6.45) is 2.86. The minimum absolute atomic E-state index is 0.194. The maximum atomic E-state index is 11.4. The van der Waals surface area contributed by atoms with Crippen LogP contribution in [-0.4, -0.2) is 66.3 Å².